The molecule has 0 spiro atoms. The van der Waals surface area contributed by atoms with Crippen molar-refractivity contribution in [1.82, 2.24) is 10.1 Å². The van der Waals surface area contributed by atoms with Crippen molar-refractivity contribution < 1.29 is 4.52 Å². The van der Waals surface area contributed by atoms with Gasteiger partial charge in [0.1, 0.15) is 10.3 Å². The van der Waals surface area contributed by atoms with Crippen LogP contribution in [-0.2, 0) is 0 Å². The van der Waals surface area contributed by atoms with Crippen molar-refractivity contribution in [3.8, 4) is 11.5 Å². The Morgan fingerprint density at radius 3 is 2.85 bits per heavy atom. The molecule has 0 aliphatic carbocycles. The summed E-state index contributed by atoms with van der Waals surface area (Å²) in [5.41, 5.74) is 1.65. The second-order valence-electron chi connectivity index (χ2n) is 2.68. The highest BCUT2D eigenvalue weighted by atomic mass is 79.9. The first-order valence-electron chi connectivity index (χ1n) is 3.82. The summed E-state index contributed by atoms with van der Waals surface area (Å²) in [6, 6.07) is 7.51. The van der Waals surface area contributed by atoms with Crippen molar-refractivity contribution in [3.05, 3.63) is 34.6 Å². The lowest BCUT2D eigenvalue weighted by molar-refractivity contribution is 0.426. The fraction of sp³-hybridized carbons (Fsp3) is 0.111. The van der Waals surface area contributed by atoms with Crippen LogP contribution < -0.4 is 0 Å². The van der Waals surface area contributed by atoms with E-state index in [0.717, 1.165) is 16.0 Å². The Labute approximate surface area is 83.9 Å². The maximum atomic E-state index is 5.07. The highest BCUT2D eigenvalue weighted by molar-refractivity contribution is 9.10. The molecule has 0 amide bonds. The van der Waals surface area contributed by atoms with Crippen LogP contribution in [0.5, 0.6) is 0 Å². The molecular weight excluding hydrogens is 232 g/mol. The molecule has 0 unspecified atom stereocenters. The van der Waals surface area contributed by atoms with Crippen LogP contribution in [0.2, 0.25) is 0 Å². The number of aryl methyl sites for hydroxylation is 1. The molecule has 0 saturated carbocycles. The van der Waals surface area contributed by atoms with Gasteiger partial charge in [0.2, 0.25) is 0 Å². The molecule has 2 heterocycles. The van der Waals surface area contributed by atoms with Gasteiger partial charge in [-0.25, -0.2) is 4.98 Å². The van der Waals surface area contributed by atoms with Crippen LogP contribution in [0, 0.1) is 6.92 Å². The second-order valence-corrected chi connectivity index (χ2v) is 3.49. The van der Waals surface area contributed by atoms with E-state index in [2.05, 4.69) is 26.1 Å². The van der Waals surface area contributed by atoms with E-state index in [1.165, 1.54) is 0 Å². The molecule has 0 bridgehead atoms. The van der Waals surface area contributed by atoms with E-state index in [1.54, 1.807) is 0 Å². The molecule has 3 nitrogen and oxygen atoms in total. The van der Waals surface area contributed by atoms with Gasteiger partial charge in [-0.15, -0.1) is 0 Å². The van der Waals surface area contributed by atoms with Crippen LogP contribution in [0.4, 0.5) is 0 Å². The van der Waals surface area contributed by atoms with Crippen molar-refractivity contribution in [2.75, 3.05) is 0 Å². The van der Waals surface area contributed by atoms with E-state index in [9.17, 15) is 0 Å². The number of nitrogens with zero attached hydrogens (tertiary/aromatic N) is 2. The van der Waals surface area contributed by atoms with Crippen LogP contribution in [0.25, 0.3) is 11.5 Å². The van der Waals surface area contributed by atoms with Gasteiger partial charge in [-0.3, -0.25) is 0 Å². The predicted molar refractivity (Wildman–Crippen MR) is 52.2 cm³/mol. The van der Waals surface area contributed by atoms with Crippen molar-refractivity contribution in [1.29, 1.82) is 0 Å². The quantitative estimate of drug-likeness (QED) is 0.718. The molecule has 0 fully saturated rings. The highest BCUT2D eigenvalue weighted by Crippen LogP contribution is 2.19. The lowest BCUT2D eigenvalue weighted by atomic mass is 10.3. The normalized spacial score (nSPS) is 10.3. The Kier molecular flexibility index (Phi) is 2.14. The SMILES string of the molecule is Cc1cc(-c2cccc(Br)n2)on1. The van der Waals surface area contributed by atoms with Crippen LogP contribution in [-0.4, -0.2) is 10.1 Å². The van der Waals surface area contributed by atoms with E-state index in [1.807, 2.05) is 31.2 Å². The number of hydrogen-bond acceptors (Lipinski definition) is 3. The van der Waals surface area contributed by atoms with E-state index in [4.69, 9.17) is 4.52 Å². The van der Waals surface area contributed by atoms with Crippen molar-refractivity contribution >= 4 is 15.9 Å². The maximum Gasteiger partial charge on any atom is 0.185 e. The minimum absolute atomic E-state index is 0.693. The van der Waals surface area contributed by atoms with Crippen molar-refractivity contribution in [3.63, 3.8) is 0 Å². The summed E-state index contributed by atoms with van der Waals surface area (Å²) in [6.45, 7) is 1.88. The first-order valence-corrected chi connectivity index (χ1v) is 4.61. The molecule has 13 heavy (non-hydrogen) atoms. The van der Waals surface area contributed by atoms with Gasteiger partial charge in [-0.1, -0.05) is 11.2 Å². The Bertz CT molecular complexity index is 425. The molecular formula is C9H7BrN2O. The zero-order chi connectivity index (χ0) is 9.26. The molecule has 0 atom stereocenters. The number of pyridine rings is 1. The third-order valence-corrected chi connectivity index (χ3v) is 2.04. The number of aromatic nitrogens is 2. The van der Waals surface area contributed by atoms with Crippen LogP contribution in [0.1, 0.15) is 5.69 Å². The monoisotopic (exact) mass is 238 g/mol. The average molecular weight is 239 g/mol. The molecule has 0 radical (unpaired) electrons. The fourth-order valence-electron chi connectivity index (χ4n) is 1.03. The van der Waals surface area contributed by atoms with Gasteiger partial charge >= 0.3 is 0 Å². The molecule has 0 aliphatic rings. The fourth-order valence-corrected chi connectivity index (χ4v) is 1.37. The topological polar surface area (TPSA) is 38.9 Å². The van der Waals surface area contributed by atoms with E-state index in [0.29, 0.717) is 5.76 Å². The second kappa shape index (κ2) is 3.30. The molecule has 0 N–H and O–H groups in total. The van der Waals surface area contributed by atoms with E-state index in [-0.39, 0.29) is 0 Å². The van der Waals surface area contributed by atoms with E-state index < -0.39 is 0 Å². The predicted octanol–water partition coefficient (Wildman–Crippen LogP) is 2.81. The molecule has 0 aromatic carbocycles. The zero-order valence-electron chi connectivity index (χ0n) is 6.99. The summed E-state index contributed by atoms with van der Waals surface area (Å²) in [5, 5.41) is 3.79. The summed E-state index contributed by atoms with van der Waals surface area (Å²) in [7, 11) is 0. The zero-order valence-corrected chi connectivity index (χ0v) is 8.58. The van der Waals surface area contributed by atoms with Gasteiger partial charge in [0.05, 0.1) is 5.69 Å². The van der Waals surface area contributed by atoms with Crippen LogP contribution in [0.3, 0.4) is 0 Å². The van der Waals surface area contributed by atoms with Gasteiger partial charge in [0.25, 0.3) is 0 Å². The summed E-state index contributed by atoms with van der Waals surface area (Å²) in [5.74, 6) is 0.693. The Hall–Kier alpha value is -1.16. The minimum Gasteiger partial charge on any atom is -0.354 e. The summed E-state index contributed by atoms with van der Waals surface area (Å²) < 4.78 is 5.86. The number of hydrogen-bond donors (Lipinski definition) is 0. The molecule has 2 aromatic heterocycles. The minimum atomic E-state index is 0.693. The van der Waals surface area contributed by atoms with Gasteiger partial charge in [0.15, 0.2) is 5.76 Å². The maximum absolute atomic E-state index is 5.07. The van der Waals surface area contributed by atoms with Crippen molar-refractivity contribution in [2.24, 2.45) is 0 Å². The van der Waals surface area contributed by atoms with Gasteiger partial charge < -0.3 is 4.52 Å². The average Bonchev–Trinajstić information content (AvgIpc) is 2.52. The number of rotatable bonds is 1. The third-order valence-electron chi connectivity index (χ3n) is 1.60. The summed E-state index contributed by atoms with van der Waals surface area (Å²) >= 11 is 3.29. The molecule has 4 heteroatoms. The largest absolute Gasteiger partial charge is 0.354 e. The lowest BCUT2D eigenvalue weighted by Gasteiger charge is -1.93. The number of halogens is 1. The standard InChI is InChI=1S/C9H7BrN2O/c1-6-5-8(13-12-6)7-3-2-4-9(10)11-7/h2-5H,1H3. The molecule has 0 saturated heterocycles. The summed E-state index contributed by atoms with van der Waals surface area (Å²) in [4.78, 5) is 4.24. The van der Waals surface area contributed by atoms with Gasteiger partial charge in [0, 0.05) is 6.07 Å². The van der Waals surface area contributed by atoms with Crippen molar-refractivity contribution in [2.45, 2.75) is 6.92 Å². The summed E-state index contributed by atoms with van der Waals surface area (Å²) in [6.07, 6.45) is 0. The molecule has 2 rings (SSSR count). The Balaban J connectivity index is 2.46. The lowest BCUT2D eigenvalue weighted by Crippen LogP contribution is -1.80. The molecule has 0 aliphatic heterocycles. The first-order chi connectivity index (χ1) is 6.25. The van der Waals surface area contributed by atoms with Gasteiger partial charge in [-0.05, 0) is 35.0 Å². The Morgan fingerprint density at radius 1 is 1.38 bits per heavy atom. The highest BCUT2D eigenvalue weighted by Gasteiger charge is 2.04. The third kappa shape index (κ3) is 1.78. The molecule has 66 valence electrons. The smallest absolute Gasteiger partial charge is 0.185 e. The first kappa shape index (κ1) is 8.44. The van der Waals surface area contributed by atoms with E-state index >= 15 is 0 Å². The Morgan fingerprint density at radius 2 is 2.23 bits per heavy atom. The van der Waals surface area contributed by atoms with Crippen LogP contribution >= 0.6 is 15.9 Å². The van der Waals surface area contributed by atoms with Gasteiger partial charge in [-0.2, -0.15) is 0 Å². The van der Waals surface area contributed by atoms with Crippen LogP contribution in [0.15, 0.2) is 33.4 Å². The molecule has 2 aromatic rings.